The van der Waals surface area contributed by atoms with Gasteiger partial charge in [0.15, 0.2) is 0 Å². The second-order valence-electron chi connectivity index (χ2n) is 8.50. The van der Waals surface area contributed by atoms with E-state index in [0.717, 1.165) is 41.2 Å². The fourth-order valence-corrected chi connectivity index (χ4v) is 4.50. The first-order chi connectivity index (χ1) is 15.5. The van der Waals surface area contributed by atoms with Crippen molar-refractivity contribution in [2.24, 2.45) is 0 Å². The van der Waals surface area contributed by atoms with Crippen molar-refractivity contribution in [2.75, 3.05) is 22.9 Å². The minimum Gasteiger partial charge on any atom is -0.326 e. The number of nitrogens with zero attached hydrogens (tertiary/aromatic N) is 3. The van der Waals surface area contributed by atoms with Crippen molar-refractivity contribution in [3.8, 4) is 0 Å². The number of aryl methyl sites for hydroxylation is 2. The SMILES string of the molecule is CCN(C(=O)c1ccc(N2CCc3cc4ccc(C)cc4nc32)cc1)c1cccc(C)c1. The number of anilines is 3. The van der Waals surface area contributed by atoms with Crippen LogP contribution in [0.25, 0.3) is 10.9 Å². The van der Waals surface area contributed by atoms with Gasteiger partial charge in [-0.25, -0.2) is 4.98 Å². The Morgan fingerprint density at radius 3 is 2.50 bits per heavy atom. The van der Waals surface area contributed by atoms with Gasteiger partial charge in [-0.05, 0) is 92.4 Å². The highest BCUT2D eigenvalue weighted by atomic mass is 16.2. The largest absolute Gasteiger partial charge is 0.326 e. The maximum Gasteiger partial charge on any atom is 0.258 e. The summed E-state index contributed by atoms with van der Waals surface area (Å²) in [7, 11) is 0. The third kappa shape index (κ3) is 3.62. The summed E-state index contributed by atoms with van der Waals surface area (Å²) in [6, 6.07) is 24.7. The average Bonchev–Trinajstić information content (AvgIpc) is 3.21. The number of carbonyl (C=O) groups is 1. The predicted octanol–water partition coefficient (Wildman–Crippen LogP) is 6.21. The van der Waals surface area contributed by atoms with E-state index in [1.807, 2.05) is 61.2 Å². The van der Waals surface area contributed by atoms with Gasteiger partial charge in [-0.3, -0.25) is 4.79 Å². The molecule has 5 rings (SSSR count). The molecule has 0 saturated heterocycles. The van der Waals surface area contributed by atoms with Crippen molar-refractivity contribution >= 4 is 34.0 Å². The number of pyridine rings is 1. The molecule has 0 saturated carbocycles. The lowest BCUT2D eigenvalue weighted by Gasteiger charge is -2.23. The van der Waals surface area contributed by atoms with E-state index in [1.54, 1.807) is 0 Å². The number of benzene rings is 3. The second-order valence-corrected chi connectivity index (χ2v) is 8.50. The number of amides is 1. The molecule has 0 bridgehead atoms. The van der Waals surface area contributed by atoms with Crippen LogP contribution in [0.4, 0.5) is 17.2 Å². The first-order valence-corrected chi connectivity index (χ1v) is 11.2. The van der Waals surface area contributed by atoms with Crippen LogP contribution in [-0.4, -0.2) is 24.0 Å². The monoisotopic (exact) mass is 421 g/mol. The molecule has 1 aromatic heterocycles. The molecule has 4 aromatic rings. The topological polar surface area (TPSA) is 36.4 Å². The van der Waals surface area contributed by atoms with Gasteiger partial charge in [-0.2, -0.15) is 0 Å². The van der Waals surface area contributed by atoms with E-state index in [1.165, 1.54) is 16.5 Å². The van der Waals surface area contributed by atoms with Crippen LogP contribution >= 0.6 is 0 Å². The number of fused-ring (bicyclic) bond motifs is 2. The molecule has 0 atom stereocenters. The molecule has 4 heteroatoms. The Labute approximate surface area is 189 Å². The Bertz CT molecular complexity index is 1310. The summed E-state index contributed by atoms with van der Waals surface area (Å²) in [6.45, 7) is 7.67. The molecule has 32 heavy (non-hydrogen) atoms. The summed E-state index contributed by atoms with van der Waals surface area (Å²) >= 11 is 0. The maximum atomic E-state index is 13.2. The van der Waals surface area contributed by atoms with Gasteiger partial charge in [-0.15, -0.1) is 0 Å². The van der Waals surface area contributed by atoms with Crippen molar-refractivity contribution in [3.05, 3.63) is 95.1 Å². The van der Waals surface area contributed by atoms with E-state index >= 15 is 0 Å². The maximum absolute atomic E-state index is 13.2. The quantitative estimate of drug-likeness (QED) is 0.393. The van der Waals surface area contributed by atoms with Gasteiger partial charge in [0.25, 0.3) is 5.91 Å². The fraction of sp³-hybridized carbons (Fsp3) is 0.214. The van der Waals surface area contributed by atoms with Crippen LogP contribution in [0, 0.1) is 13.8 Å². The van der Waals surface area contributed by atoms with Crippen molar-refractivity contribution in [3.63, 3.8) is 0 Å². The molecular formula is C28H27N3O. The molecular weight excluding hydrogens is 394 g/mol. The normalized spacial score (nSPS) is 12.8. The van der Waals surface area contributed by atoms with Gasteiger partial charge in [0.2, 0.25) is 0 Å². The van der Waals surface area contributed by atoms with Gasteiger partial charge >= 0.3 is 0 Å². The lowest BCUT2D eigenvalue weighted by Crippen LogP contribution is -2.30. The minimum absolute atomic E-state index is 0.0195. The summed E-state index contributed by atoms with van der Waals surface area (Å²) in [6.07, 6.45) is 0.976. The second kappa shape index (κ2) is 8.12. The molecule has 1 amide bonds. The zero-order chi connectivity index (χ0) is 22.2. The van der Waals surface area contributed by atoms with Crippen LogP contribution in [0.2, 0.25) is 0 Å². The van der Waals surface area contributed by atoms with Crippen LogP contribution in [-0.2, 0) is 6.42 Å². The van der Waals surface area contributed by atoms with Crippen LogP contribution < -0.4 is 9.80 Å². The fourth-order valence-electron chi connectivity index (χ4n) is 4.50. The molecule has 160 valence electrons. The van der Waals surface area contributed by atoms with Crippen molar-refractivity contribution in [2.45, 2.75) is 27.2 Å². The highest BCUT2D eigenvalue weighted by Gasteiger charge is 2.23. The highest BCUT2D eigenvalue weighted by Crippen LogP contribution is 2.35. The lowest BCUT2D eigenvalue weighted by atomic mass is 10.1. The third-order valence-corrected chi connectivity index (χ3v) is 6.19. The van der Waals surface area contributed by atoms with Gasteiger partial charge in [-0.1, -0.05) is 24.3 Å². The number of rotatable bonds is 4. The van der Waals surface area contributed by atoms with Crippen molar-refractivity contribution < 1.29 is 4.79 Å². The molecule has 0 unspecified atom stereocenters. The first-order valence-electron chi connectivity index (χ1n) is 11.2. The van der Waals surface area contributed by atoms with Gasteiger partial charge in [0.05, 0.1) is 5.52 Å². The van der Waals surface area contributed by atoms with Crippen LogP contribution in [0.5, 0.6) is 0 Å². The Morgan fingerprint density at radius 1 is 0.969 bits per heavy atom. The molecule has 1 aliphatic rings. The van der Waals surface area contributed by atoms with Crippen LogP contribution in [0.15, 0.2) is 72.8 Å². The van der Waals surface area contributed by atoms with Crippen LogP contribution in [0.3, 0.4) is 0 Å². The van der Waals surface area contributed by atoms with E-state index in [9.17, 15) is 4.79 Å². The van der Waals surface area contributed by atoms with Gasteiger partial charge < -0.3 is 9.80 Å². The molecule has 3 aromatic carbocycles. The molecule has 0 radical (unpaired) electrons. The summed E-state index contributed by atoms with van der Waals surface area (Å²) in [5.74, 6) is 1.04. The molecule has 0 aliphatic carbocycles. The standard InChI is InChI=1S/C28H27N3O/c1-4-30(25-7-5-6-19(2)16-25)28(32)21-10-12-24(13-11-21)31-15-14-23-18-22-9-8-20(3)17-26(22)29-27(23)31/h5-13,16-18H,4,14-15H2,1-3H3. The van der Waals surface area contributed by atoms with E-state index < -0.39 is 0 Å². The van der Waals surface area contributed by atoms with Gasteiger partial charge in [0, 0.05) is 35.4 Å². The van der Waals surface area contributed by atoms with Crippen molar-refractivity contribution in [1.29, 1.82) is 0 Å². The minimum atomic E-state index is 0.0195. The molecule has 0 spiro atoms. The molecule has 4 nitrogen and oxygen atoms in total. The van der Waals surface area contributed by atoms with Gasteiger partial charge in [0.1, 0.15) is 5.82 Å². The average molecular weight is 422 g/mol. The molecule has 0 fully saturated rings. The predicted molar refractivity (Wildman–Crippen MR) is 132 cm³/mol. The lowest BCUT2D eigenvalue weighted by molar-refractivity contribution is 0.0988. The van der Waals surface area contributed by atoms with Crippen molar-refractivity contribution in [1.82, 2.24) is 4.98 Å². The number of carbonyl (C=O) groups excluding carboxylic acids is 1. The Kier molecular flexibility index (Phi) is 5.14. The Morgan fingerprint density at radius 2 is 1.75 bits per heavy atom. The molecule has 0 N–H and O–H groups in total. The number of hydrogen-bond acceptors (Lipinski definition) is 3. The number of hydrogen-bond donors (Lipinski definition) is 0. The third-order valence-electron chi connectivity index (χ3n) is 6.19. The first kappa shape index (κ1) is 20.3. The summed E-state index contributed by atoms with van der Waals surface area (Å²) in [4.78, 5) is 22.2. The zero-order valence-electron chi connectivity index (χ0n) is 18.8. The summed E-state index contributed by atoms with van der Waals surface area (Å²) in [5.41, 5.74) is 7.36. The summed E-state index contributed by atoms with van der Waals surface area (Å²) in [5, 5.41) is 1.19. The smallest absolute Gasteiger partial charge is 0.258 e. The summed E-state index contributed by atoms with van der Waals surface area (Å²) < 4.78 is 0. The van der Waals surface area contributed by atoms with Crippen LogP contribution in [0.1, 0.15) is 34.0 Å². The molecule has 1 aliphatic heterocycles. The van der Waals surface area contributed by atoms with E-state index in [4.69, 9.17) is 4.98 Å². The molecule has 2 heterocycles. The van der Waals surface area contributed by atoms with E-state index in [2.05, 4.69) is 42.2 Å². The van der Waals surface area contributed by atoms with E-state index in [-0.39, 0.29) is 5.91 Å². The zero-order valence-corrected chi connectivity index (χ0v) is 18.8. The Balaban J connectivity index is 1.43. The Hall–Kier alpha value is -3.66. The highest BCUT2D eigenvalue weighted by molar-refractivity contribution is 6.06. The van der Waals surface area contributed by atoms with E-state index in [0.29, 0.717) is 12.1 Å². The number of aromatic nitrogens is 1.